The second-order valence-electron chi connectivity index (χ2n) is 5.50. The van der Waals surface area contributed by atoms with Crippen LogP contribution < -0.4 is 10.6 Å². The van der Waals surface area contributed by atoms with Crippen molar-refractivity contribution in [3.63, 3.8) is 0 Å². The normalized spacial score (nSPS) is 13.5. The van der Waals surface area contributed by atoms with Gasteiger partial charge in [0.2, 0.25) is 5.91 Å². The molecule has 1 aromatic carbocycles. The lowest BCUT2D eigenvalue weighted by Crippen LogP contribution is -2.46. The number of benzene rings is 1. The molecule has 1 amide bonds. The van der Waals surface area contributed by atoms with Crippen LogP contribution in [0.25, 0.3) is 0 Å². The van der Waals surface area contributed by atoms with Crippen molar-refractivity contribution in [1.29, 1.82) is 5.26 Å². The van der Waals surface area contributed by atoms with Gasteiger partial charge in [-0.05, 0) is 37.0 Å². The van der Waals surface area contributed by atoms with Gasteiger partial charge in [0.1, 0.15) is 6.54 Å². The zero-order chi connectivity index (χ0) is 15.8. The van der Waals surface area contributed by atoms with Crippen LogP contribution >= 0.6 is 15.9 Å². The molecule has 0 saturated carbocycles. The number of nitrogens with one attached hydrogen (secondary N) is 2. The standard InChI is InChI=1S/C16H22BrN3O/c1-11(2)10-15(16(21)19-9-8-18)20-12(3)13-4-6-14(17)7-5-13/h4-7,11-12,15,20H,9-10H2,1-3H3,(H,19,21)/t12?,15-/m0/s1. The molecule has 1 aromatic rings. The molecule has 0 aliphatic carbocycles. The fourth-order valence-electron chi connectivity index (χ4n) is 2.12. The molecular weight excluding hydrogens is 330 g/mol. The monoisotopic (exact) mass is 351 g/mol. The Hall–Kier alpha value is -1.38. The number of hydrogen-bond donors (Lipinski definition) is 2. The zero-order valence-electron chi connectivity index (χ0n) is 12.7. The van der Waals surface area contributed by atoms with E-state index in [0.29, 0.717) is 5.92 Å². The summed E-state index contributed by atoms with van der Waals surface area (Å²) < 4.78 is 1.03. The van der Waals surface area contributed by atoms with Gasteiger partial charge in [0.05, 0.1) is 12.1 Å². The minimum absolute atomic E-state index is 0.0434. The van der Waals surface area contributed by atoms with Crippen LogP contribution in [-0.2, 0) is 4.79 Å². The Bertz CT molecular complexity index is 493. The van der Waals surface area contributed by atoms with Crippen molar-refractivity contribution >= 4 is 21.8 Å². The number of carbonyl (C=O) groups is 1. The van der Waals surface area contributed by atoms with Crippen LogP contribution in [0.1, 0.15) is 38.8 Å². The number of nitriles is 1. The molecule has 0 radical (unpaired) electrons. The first-order valence-electron chi connectivity index (χ1n) is 7.10. The lowest BCUT2D eigenvalue weighted by atomic mass is 10.0. The first-order valence-corrected chi connectivity index (χ1v) is 7.89. The molecule has 114 valence electrons. The number of halogens is 1. The Kier molecular flexibility index (Phi) is 7.41. The molecule has 0 aromatic heterocycles. The molecule has 0 heterocycles. The van der Waals surface area contributed by atoms with Crippen molar-refractivity contribution in [3.05, 3.63) is 34.3 Å². The van der Waals surface area contributed by atoms with Crippen molar-refractivity contribution in [2.45, 2.75) is 39.3 Å². The van der Waals surface area contributed by atoms with Crippen LogP contribution in [0.5, 0.6) is 0 Å². The summed E-state index contributed by atoms with van der Waals surface area (Å²) in [6, 6.07) is 9.74. The molecule has 4 nitrogen and oxygen atoms in total. The molecule has 2 N–H and O–H groups in total. The van der Waals surface area contributed by atoms with Gasteiger partial charge < -0.3 is 5.32 Å². The summed E-state index contributed by atoms with van der Waals surface area (Å²) in [5.41, 5.74) is 1.13. The molecule has 1 unspecified atom stereocenters. The highest BCUT2D eigenvalue weighted by atomic mass is 79.9. The predicted octanol–water partition coefficient (Wildman–Crippen LogP) is 3.15. The van der Waals surface area contributed by atoms with Gasteiger partial charge in [-0.15, -0.1) is 0 Å². The van der Waals surface area contributed by atoms with Crippen molar-refractivity contribution in [2.75, 3.05) is 6.54 Å². The summed E-state index contributed by atoms with van der Waals surface area (Å²) in [5, 5.41) is 14.6. The molecule has 0 saturated heterocycles. The average Bonchev–Trinajstić information content (AvgIpc) is 2.44. The quantitative estimate of drug-likeness (QED) is 0.741. The number of rotatable bonds is 7. The lowest BCUT2D eigenvalue weighted by molar-refractivity contribution is -0.123. The minimum atomic E-state index is -0.294. The minimum Gasteiger partial charge on any atom is -0.342 e. The highest BCUT2D eigenvalue weighted by molar-refractivity contribution is 9.10. The molecule has 21 heavy (non-hydrogen) atoms. The fourth-order valence-corrected chi connectivity index (χ4v) is 2.39. The molecule has 1 rings (SSSR count). The Morgan fingerprint density at radius 2 is 1.90 bits per heavy atom. The summed E-state index contributed by atoms with van der Waals surface area (Å²) in [7, 11) is 0. The number of amides is 1. The highest BCUT2D eigenvalue weighted by Crippen LogP contribution is 2.18. The summed E-state index contributed by atoms with van der Waals surface area (Å²) in [6.07, 6.45) is 0.734. The Labute approximate surface area is 135 Å². The van der Waals surface area contributed by atoms with E-state index in [2.05, 4.69) is 40.4 Å². The van der Waals surface area contributed by atoms with Gasteiger partial charge in [-0.2, -0.15) is 5.26 Å². The van der Waals surface area contributed by atoms with Crippen LogP contribution in [0.3, 0.4) is 0 Å². The van der Waals surface area contributed by atoms with Crippen LogP contribution in [0.2, 0.25) is 0 Å². The van der Waals surface area contributed by atoms with Gasteiger partial charge in [0, 0.05) is 10.5 Å². The van der Waals surface area contributed by atoms with E-state index in [-0.39, 0.29) is 24.5 Å². The second kappa shape index (κ2) is 8.81. The van der Waals surface area contributed by atoms with E-state index in [1.165, 1.54) is 0 Å². The van der Waals surface area contributed by atoms with Gasteiger partial charge in [-0.1, -0.05) is 41.9 Å². The van der Waals surface area contributed by atoms with E-state index >= 15 is 0 Å². The largest absolute Gasteiger partial charge is 0.342 e. The Morgan fingerprint density at radius 1 is 1.29 bits per heavy atom. The summed E-state index contributed by atoms with van der Waals surface area (Å²) >= 11 is 3.41. The molecular formula is C16H22BrN3O. The van der Waals surface area contributed by atoms with Crippen LogP contribution in [-0.4, -0.2) is 18.5 Å². The van der Waals surface area contributed by atoms with E-state index in [0.717, 1.165) is 16.5 Å². The third kappa shape index (κ3) is 6.28. The van der Waals surface area contributed by atoms with Crippen LogP contribution in [0, 0.1) is 17.2 Å². The lowest BCUT2D eigenvalue weighted by Gasteiger charge is -2.24. The first kappa shape index (κ1) is 17.7. The van der Waals surface area contributed by atoms with E-state index < -0.39 is 0 Å². The van der Waals surface area contributed by atoms with Gasteiger partial charge in [0.25, 0.3) is 0 Å². The molecule has 0 spiro atoms. The fraction of sp³-hybridized carbons (Fsp3) is 0.500. The van der Waals surface area contributed by atoms with E-state index in [4.69, 9.17) is 5.26 Å². The van der Waals surface area contributed by atoms with E-state index in [9.17, 15) is 4.79 Å². The maximum Gasteiger partial charge on any atom is 0.237 e. The van der Waals surface area contributed by atoms with Gasteiger partial charge in [0.15, 0.2) is 0 Å². The maximum atomic E-state index is 12.1. The number of nitrogens with zero attached hydrogens (tertiary/aromatic N) is 1. The van der Waals surface area contributed by atoms with Gasteiger partial charge in [-0.25, -0.2) is 0 Å². The van der Waals surface area contributed by atoms with Gasteiger partial charge >= 0.3 is 0 Å². The van der Waals surface area contributed by atoms with Crippen molar-refractivity contribution in [2.24, 2.45) is 5.92 Å². The maximum absolute atomic E-state index is 12.1. The SMILES string of the molecule is CC(C)C[C@H](NC(C)c1ccc(Br)cc1)C(=O)NCC#N. The Balaban J connectivity index is 2.73. The highest BCUT2D eigenvalue weighted by Gasteiger charge is 2.21. The molecule has 2 atom stereocenters. The van der Waals surface area contributed by atoms with Crippen LogP contribution in [0.15, 0.2) is 28.7 Å². The van der Waals surface area contributed by atoms with Gasteiger partial charge in [-0.3, -0.25) is 10.1 Å². The third-order valence-corrected chi connectivity index (χ3v) is 3.72. The zero-order valence-corrected chi connectivity index (χ0v) is 14.3. The second-order valence-corrected chi connectivity index (χ2v) is 6.41. The molecule has 0 aliphatic heterocycles. The summed E-state index contributed by atoms with van der Waals surface area (Å²) in [5.74, 6) is 0.279. The molecule has 0 bridgehead atoms. The topological polar surface area (TPSA) is 64.9 Å². The predicted molar refractivity (Wildman–Crippen MR) is 87.6 cm³/mol. The first-order chi connectivity index (χ1) is 9.93. The number of carbonyl (C=O) groups excluding carboxylic acids is 1. The number of hydrogen-bond acceptors (Lipinski definition) is 3. The summed E-state index contributed by atoms with van der Waals surface area (Å²) in [6.45, 7) is 6.24. The van der Waals surface area contributed by atoms with E-state index in [1.807, 2.05) is 37.3 Å². The van der Waals surface area contributed by atoms with Crippen LogP contribution in [0.4, 0.5) is 0 Å². The Morgan fingerprint density at radius 3 is 2.43 bits per heavy atom. The average molecular weight is 352 g/mol. The molecule has 5 heteroatoms. The molecule has 0 fully saturated rings. The van der Waals surface area contributed by atoms with E-state index in [1.54, 1.807) is 0 Å². The van der Waals surface area contributed by atoms with Crippen molar-refractivity contribution in [3.8, 4) is 6.07 Å². The molecule has 0 aliphatic rings. The van der Waals surface area contributed by atoms with Crippen molar-refractivity contribution in [1.82, 2.24) is 10.6 Å². The summed E-state index contributed by atoms with van der Waals surface area (Å²) in [4.78, 5) is 12.1. The third-order valence-electron chi connectivity index (χ3n) is 3.19. The smallest absolute Gasteiger partial charge is 0.237 e. The van der Waals surface area contributed by atoms with Crippen molar-refractivity contribution < 1.29 is 4.79 Å².